The summed E-state index contributed by atoms with van der Waals surface area (Å²) in [5.74, 6) is 1.18. The molecule has 5 nitrogen and oxygen atoms in total. The molecule has 0 aliphatic heterocycles. The highest BCUT2D eigenvalue weighted by Gasteiger charge is 2.06. The Balaban J connectivity index is 0.00000529. The number of nitrogens with one attached hydrogen (secondary N) is 3. The van der Waals surface area contributed by atoms with Crippen molar-refractivity contribution in [2.75, 3.05) is 25.0 Å². The number of guanidine groups is 1. The van der Waals surface area contributed by atoms with Crippen LogP contribution in [0, 0.1) is 12.8 Å². The Bertz CT molecular complexity index is 549. The number of carbonyl (C=O) groups excluding carboxylic acids is 1. The fourth-order valence-corrected chi connectivity index (χ4v) is 2.25. The molecule has 3 N–H and O–H groups in total. The van der Waals surface area contributed by atoms with Crippen LogP contribution in [-0.4, -0.2) is 31.5 Å². The lowest BCUT2D eigenvalue weighted by Gasteiger charge is -2.12. The lowest BCUT2D eigenvalue weighted by molar-refractivity contribution is -0.114. The Kier molecular flexibility index (Phi) is 12.1. The molecule has 0 aromatic heterocycles. The summed E-state index contributed by atoms with van der Waals surface area (Å²) in [5.41, 5.74) is 1.82. The van der Waals surface area contributed by atoms with Gasteiger partial charge in [-0.3, -0.25) is 4.79 Å². The summed E-state index contributed by atoms with van der Waals surface area (Å²) in [5, 5.41) is 9.28. The van der Waals surface area contributed by atoms with Crippen molar-refractivity contribution in [3.8, 4) is 0 Å². The number of nitrogens with zero attached hydrogens (tertiary/aromatic N) is 1. The second kappa shape index (κ2) is 12.5. The van der Waals surface area contributed by atoms with E-state index in [-0.39, 0.29) is 36.4 Å². The van der Waals surface area contributed by atoms with Crippen LogP contribution in [0.5, 0.6) is 0 Å². The normalized spacial score (nSPS) is 11.0. The fourth-order valence-electron chi connectivity index (χ4n) is 1.89. The van der Waals surface area contributed by atoms with Crippen LogP contribution in [0.2, 0.25) is 0 Å². The maximum absolute atomic E-state index is 12.1. The SMILES string of the molecule is CCNC(=NCC(=O)Nc1cc(Br)ccc1C)NCCC(C)C.I. The second-order valence-corrected chi connectivity index (χ2v) is 6.73. The fraction of sp³-hybridized carbons (Fsp3) is 0.529. The van der Waals surface area contributed by atoms with E-state index >= 15 is 0 Å². The number of anilines is 1. The maximum atomic E-state index is 12.1. The summed E-state index contributed by atoms with van der Waals surface area (Å²) >= 11 is 3.41. The standard InChI is InChI=1S/C17H27BrN4O.HI/c1-5-19-17(20-9-8-12(2)3)21-11-16(23)22-15-10-14(18)7-6-13(15)4;/h6-7,10,12H,5,8-9,11H2,1-4H3,(H,22,23)(H2,19,20,21);1H. The number of benzene rings is 1. The molecule has 0 saturated heterocycles. The summed E-state index contributed by atoms with van der Waals surface area (Å²) in [6.07, 6.45) is 1.06. The predicted molar refractivity (Wildman–Crippen MR) is 116 cm³/mol. The summed E-state index contributed by atoms with van der Waals surface area (Å²) < 4.78 is 0.936. The average Bonchev–Trinajstić information content (AvgIpc) is 2.48. The first-order chi connectivity index (χ1) is 10.9. The van der Waals surface area contributed by atoms with E-state index in [1.165, 1.54) is 0 Å². The highest BCUT2D eigenvalue weighted by atomic mass is 127. The van der Waals surface area contributed by atoms with Gasteiger partial charge in [-0.2, -0.15) is 0 Å². The van der Waals surface area contributed by atoms with Crippen LogP contribution < -0.4 is 16.0 Å². The van der Waals surface area contributed by atoms with Crippen molar-refractivity contribution < 1.29 is 4.79 Å². The highest BCUT2D eigenvalue weighted by molar-refractivity contribution is 14.0. The molecule has 0 heterocycles. The monoisotopic (exact) mass is 510 g/mol. The third-order valence-electron chi connectivity index (χ3n) is 3.21. The number of hydrogen-bond acceptors (Lipinski definition) is 2. The second-order valence-electron chi connectivity index (χ2n) is 5.81. The Morgan fingerprint density at radius 1 is 1.29 bits per heavy atom. The summed E-state index contributed by atoms with van der Waals surface area (Å²) in [4.78, 5) is 16.4. The average molecular weight is 511 g/mol. The largest absolute Gasteiger partial charge is 0.357 e. The molecule has 0 aliphatic rings. The molecule has 24 heavy (non-hydrogen) atoms. The van der Waals surface area contributed by atoms with Crippen LogP contribution >= 0.6 is 39.9 Å². The van der Waals surface area contributed by atoms with Crippen LogP contribution in [0.4, 0.5) is 5.69 Å². The molecular weight excluding hydrogens is 483 g/mol. The van der Waals surface area contributed by atoms with Crippen molar-refractivity contribution in [3.63, 3.8) is 0 Å². The first-order valence-electron chi connectivity index (χ1n) is 8.00. The van der Waals surface area contributed by atoms with Crippen molar-refractivity contribution in [1.82, 2.24) is 10.6 Å². The number of halogens is 2. The van der Waals surface area contributed by atoms with Gasteiger partial charge >= 0.3 is 0 Å². The van der Waals surface area contributed by atoms with E-state index in [1.54, 1.807) is 0 Å². The number of hydrogen-bond donors (Lipinski definition) is 3. The molecule has 0 bridgehead atoms. The minimum atomic E-state index is -0.132. The topological polar surface area (TPSA) is 65.5 Å². The van der Waals surface area contributed by atoms with Gasteiger partial charge in [0.1, 0.15) is 6.54 Å². The van der Waals surface area contributed by atoms with Crippen molar-refractivity contribution in [2.24, 2.45) is 10.9 Å². The third-order valence-corrected chi connectivity index (χ3v) is 3.71. The number of carbonyl (C=O) groups is 1. The number of aryl methyl sites for hydroxylation is 1. The van der Waals surface area contributed by atoms with Crippen molar-refractivity contribution >= 4 is 57.5 Å². The molecule has 136 valence electrons. The summed E-state index contributed by atoms with van der Waals surface area (Å²) in [7, 11) is 0. The molecule has 0 unspecified atom stereocenters. The molecule has 1 aromatic carbocycles. The number of aliphatic imine (C=N–C) groups is 1. The zero-order valence-electron chi connectivity index (χ0n) is 14.8. The molecule has 0 saturated carbocycles. The Labute approximate surface area is 170 Å². The molecular formula is C17H28BrIN4O. The highest BCUT2D eigenvalue weighted by Crippen LogP contribution is 2.20. The molecule has 0 fully saturated rings. The lowest BCUT2D eigenvalue weighted by atomic mass is 10.1. The minimum Gasteiger partial charge on any atom is -0.357 e. The first-order valence-corrected chi connectivity index (χ1v) is 8.79. The molecule has 1 amide bonds. The summed E-state index contributed by atoms with van der Waals surface area (Å²) in [6, 6.07) is 5.80. The molecule has 0 radical (unpaired) electrons. The number of rotatable bonds is 7. The van der Waals surface area contributed by atoms with E-state index in [0.717, 1.165) is 35.2 Å². The van der Waals surface area contributed by atoms with Crippen LogP contribution in [0.15, 0.2) is 27.7 Å². The van der Waals surface area contributed by atoms with Gasteiger partial charge in [0.2, 0.25) is 5.91 Å². The van der Waals surface area contributed by atoms with Gasteiger partial charge in [0, 0.05) is 23.2 Å². The van der Waals surface area contributed by atoms with Gasteiger partial charge in [-0.1, -0.05) is 35.8 Å². The van der Waals surface area contributed by atoms with E-state index in [9.17, 15) is 4.79 Å². The van der Waals surface area contributed by atoms with E-state index in [1.807, 2.05) is 32.0 Å². The van der Waals surface area contributed by atoms with E-state index in [4.69, 9.17) is 0 Å². The predicted octanol–water partition coefficient (Wildman–Crippen LogP) is 3.92. The zero-order chi connectivity index (χ0) is 17.2. The zero-order valence-corrected chi connectivity index (χ0v) is 18.7. The summed E-state index contributed by atoms with van der Waals surface area (Å²) in [6.45, 7) is 10.0. The Hall–Kier alpha value is -0.830. The van der Waals surface area contributed by atoms with Gasteiger partial charge in [0.15, 0.2) is 5.96 Å². The van der Waals surface area contributed by atoms with Gasteiger partial charge in [-0.05, 0) is 43.9 Å². The first kappa shape index (κ1) is 23.2. The molecule has 0 aliphatic carbocycles. The van der Waals surface area contributed by atoms with E-state index in [0.29, 0.717) is 11.9 Å². The minimum absolute atomic E-state index is 0. The van der Waals surface area contributed by atoms with Gasteiger partial charge in [-0.15, -0.1) is 24.0 Å². The quantitative estimate of drug-likeness (QED) is 0.296. The maximum Gasteiger partial charge on any atom is 0.246 e. The van der Waals surface area contributed by atoms with Gasteiger partial charge in [0.25, 0.3) is 0 Å². The molecule has 1 rings (SSSR count). The van der Waals surface area contributed by atoms with Gasteiger partial charge < -0.3 is 16.0 Å². The van der Waals surface area contributed by atoms with Crippen LogP contribution in [0.25, 0.3) is 0 Å². The third kappa shape index (κ3) is 9.46. The van der Waals surface area contributed by atoms with E-state index in [2.05, 4.69) is 50.7 Å². The molecule has 0 spiro atoms. The van der Waals surface area contributed by atoms with Gasteiger partial charge in [-0.25, -0.2) is 4.99 Å². The molecule has 1 aromatic rings. The van der Waals surface area contributed by atoms with Crippen molar-refractivity contribution in [3.05, 3.63) is 28.2 Å². The van der Waals surface area contributed by atoms with Crippen LogP contribution in [0.1, 0.15) is 32.8 Å². The van der Waals surface area contributed by atoms with Crippen molar-refractivity contribution in [1.29, 1.82) is 0 Å². The molecule has 7 heteroatoms. The Morgan fingerprint density at radius 3 is 2.62 bits per heavy atom. The van der Waals surface area contributed by atoms with Crippen LogP contribution in [0.3, 0.4) is 0 Å². The van der Waals surface area contributed by atoms with Crippen LogP contribution in [-0.2, 0) is 4.79 Å². The Morgan fingerprint density at radius 2 is 2.00 bits per heavy atom. The van der Waals surface area contributed by atoms with Gasteiger partial charge in [0.05, 0.1) is 0 Å². The lowest BCUT2D eigenvalue weighted by Crippen LogP contribution is -2.38. The molecule has 0 atom stereocenters. The van der Waals surface area contributed by atoms with Crippen molar-refractivity contribution in [2.45, 2.75) is 34.1 Å². The van der Waals surface area contributed by atoms with E-state index < -0.39 is 0 Å². The smallest absolute Gasteiger partial charge is 0.246 e. The number of amides is 1.